The molecule has 1 N–H and O–H groups in total. The van der Waals surface area contributed by atoms with E-state index in [0.717, 1.165) is 11.1 Å². The van der Waals surface area contributed by atoms with Crippen LogP contribution in [0, 0.1) is 11.3 Å². The quantitative estimate of drug-likeness (QED) is 0.820. The van der Waals surface area contributed by atoms with E-state index in [4.69, 9.17) is 10.00 Å². The number of nitrogens with zero attached hydrogens (tertiary/aromatic N) is 1. The van der Waals surface area contributed by atoms with E-state index in [1.54, 1.807) is 43.3 Å². The van der Waals surface area contributed by atoms with Gasteiger partial charge in [-0.2, -0.15) is 5.26 Å². The molecule has 0 bridgehead atoms. The van der Waals surface area contributed by atoms with Crippen molar-refractivity contribution in [3.63, 3.8) is 0 Å². The molecule has 2 aromatic carbocycles. The molecule has 0 fully saturated rings. The third-order valence-electron chi connectivity index (χ3n) is 4.18. The number of ether oxygens (including phenoxy) is 1. The van der Waals surface area contributed by atoms with Crippen molar-refractivity contribution in [2.75, 3.05) is 0 Å². The average molecular weight is 364 g/mol. The highest BCUT2D eigenvalue weighted by Gasteiger charge is 2.19. The van der Waals surface area contributed by atoms with Crippen molar-refractivity contribution < 1.29 is 14.3 Å². The van der Waals surface area contributed by atoms with Gasteiger partial charge >= 0.3 is 5.97 Å². The summed E-state index contributed by atoms with van der Waals surface area (Å²) in [5, 5.41) is 11.4. The lowest BCUT2D eigenvalue weighted by molar-refractivity contribution is -0.146. The summed E-state index contributed by atoms with van der Waals surface area (Å²) in [5.41, 5.74) is 2.96. The number of benzene rings is 2. The van der Waals surface area contributed by atoms with Crippen LogP contribution in [0.25, 0.3) is 0 Å². The zero-order valence-corrected chi connectivity index (χ0v) is 16.1. The number of rotatable bonds is 5. The third-order valence-corrected chi connectivity index (χ3v) is 4.18. The maximum absolute atomic E-state index is 12.3. The Morgan fingerprint density at radius 2 is 1.67 bits per heavy atom. The zero-order chi connectivity index (χ0) is 20.0. The maximum Gasteiger partial charge on any atom is 0.328 e. The topological polar surface area (TPSA) is 79.2 Å². The molecular formula is C22H24N2O3. The van der Waals surface area contributed by atoms with Crippen molar-refractivity contribution in [1.29, 1.82) is 5.26 Å². The van der Waals surface area contributed by atoms with Crippen LogP contribution in [0.1, 0.15) is 54.7 Å². The SMILES string of the molecule is C[C@H](NC(=O)c1ccc(C(C)(C)C)cc1)C(=O)OCc1ccc(C#N)cc1. The molecule has 0 saturated carbocycles. The maximum atomic E-state index is 12.3. The van der Waals surface area contributed by atoms with Gasteiger partial charge in [-0.3, -0.25) is 4.79 Å². The van der Waals surface area contributed by atoms with Gasteiger partial charge in [0.25, 0.3) is 5.91 Å². The Morgan fingerprint density at radius 3 is 2.19 bits per heavy atom. The molecule has 0 aliphatic rings. The first-order valence-corrected chi connectivity index (χ1v) is 8.78. The van der Waals surface area contributed by atoms with E-state index in [1.165, 1.54) is 0 Å². The summed E-state index contributed by atoms with van der Waals surface area (Å²) < 4.78 is 5.23. The van der Waals surface area contributed by atoms with Gasteiger partial charge in [-0.25, -0.2) is 4.79 Å². The Bertz CT molecular complexity index is 841. The number of hydrogen-bond acceptors (Lipinski definition) is 4. The second-order valence-corrected chi connectivity index (χ2v) is 7.44. The molecule has 0 radical (unpaired) electrons. The van der Waals surface area contributed by atoms with Crippen molar-refractivity contribution in [2.24, 2.45) is 0 Å². The van der Waals surface area contributed by atoms with Crippen molar-refractivity contribution >= 4 is 11.9 Å². The van der Waals surface area contributed by atoms with E-state index in [1.807, 2.05) is 18.2 Å². The molecule has 0 unspecified atom stereocenters. The number of amides is 1. The molecule has 0 saturated heterocycles. The molecule has 140 valence electrons. The Kier molecular flexibility index (Phi) is 6.36. The number of carbonyl (C=O) groups excluding carboxylic acids is 2. The van der Waals surface area contributed by atoms with Gasteiger partial charge in [0.05, 0.1) is 11.6 Å². The molecule has 0 aliphatic heterocycles. The van der Waals surface area contributed by atoms with Crippen molar-refractivity contribution in [1.82, 2.24) is 5.32 Å². The molecule has 1 amide bonds. The lowest BCUT2D eigenvalue weighted by Gasteiger charge is -2.19. The number of esters is 1. The normalized spacial score (nSPS) is 12.0. The number of carbonyl (C=O) groups is 2. The molecule has 0 heterocycles. The van der Waals surface area contributed by atoms with Gasteiger partial charge in [-0.1, -0.05) is 45.0 Å². The van der Waals surface area contributed by atoms with Crippen LogP contribution < -0.4 is 5.32 Å². The Balaban J connectivity index is 1.89. The van der Waals surface area contributed by atoms with Crippen molar-refractivity contribution in [3.8, 4) is 6.07 Å². The first-order chi connectivity index (χ1) is 12.7. The van der Waals surface area contributed by atoms with Crippen LogP contribution >= 0.6 is 0 Å². The highest BCUT2D eigenvalue weighted by atomic mass is 16.5. The highest BCUT2D eigenvalue weighted by molar-refractivity contribution is 5.96. The second-order valence-electron chi connectivity index (χ2n) is 7.44. The molecular weight excluding hydrogens is 340 g/mol. The minimum absolute atomic E-state index is 0.0115. The van der Waals surface area contributed by atoms with Gasteiger partial charge in [0, 0.05) is 5.56 Å². The lowest BCUT2D eigenvalue weighted by atomic mass is 9.86. The van der Waals surface area contributed by atoms with Crippen LogP contribution in [0.4, 0.5) is 0 Å². The lowest BCUT2D eigenvalue weighted by Crippen LogP contribution is -2.39. The Hall–Kier alpha value is -3.13. The fraction of sp³-hybridized carbons (Fsp3) is 0.318. The molecule has 2 rings (SSSR count). The summed E-state index contributed by atoms with van der Waals surface area (Å²) in [6, 6.07) is 15.4. The first kappa shape index (κ1) is 20.2. The number of nitrogens with one attached hydrogen (secondary N) is 1. The highest BCUT2D eigenvalue weighted by Crippen LogP contribution is 2.22. The van der Waals surface area contributed by atoms with Gasteiger partial charge in [0.2, 0.25) is 0 Å². The zero-order valence-electron chi connectivity index (χ0n) is 16.1. The van der Waals surface area contributed by atoms with E-state index < -0.39 is 12.0 Å². The fourth-order valence-corrected chi connectivity index (χ4v) is 2.42. The van der Waals surface area contributed by atoms with Gasteiger partial charge in [-0.05, 0) is 47.7 Å². The molecule has 0 aromatic heterocycles. The van der Waals surface area contributed by atoms with Gasteiger partial charge in [-0.15, -0.1) is 0 Å². The molecule has 0 aliphatic carbocycles. The van der Waals surface area contributed by atoms with Crippen LogP contribution in [-0.2, 0) is 21.6 Å². The molecule has 5 nitrogen and oxygen atoms in total. The number of nitriles is 1. The van der Waals surface area contributed by atoms with Crippen LogP contribution in [0.15, 0.2) is 48.5 Å². The van der Waals surface area contributed by atoms with E-state index in [0.29, 0.717) is 11.1 Å². The van der Waals surface area contributed by atoms with Gasteiger partial charge in [0.15, 0.2) is 0 Å². The van der Waals surface area contributed by atoms with Crippen LogP contribution in [0.5, 0.6) is 0 Å². The molecule has 2 aromatic rings. The van der Waals surface area contributed by atoms with E-state index in [9.17, 15) is 9.59 Å². The van der Waals surface area contributed by atoms with Gasteiger partial charge in [0.1, 0.15) is 12.6 Å². The van der Waals surface area contributed by atoms with E-state index >= 15 is 0 Å². The number of hydrogen-bond donors (Lipinski definition) is 1. The molecule has 5 heteroatoms. The van der Waals surface area contributed by atoms with Crippen molar-refractivity contribution in [2.45, 2.75) is 45.8 Å². The summed E-state index contributed by atoms with van der Waals surface area (Å²) in [6.07, 6.45) is 0. The van der Waals surface area contributed by atoms with E-state index in [2.05, 4.69) is 26.1 Å². The predicted molar refractivity (Wildman–Crippen MR) is 103 cm³/mol. The fourth-order valence-electron chi connectivity index (χ4n) is 2.42. The smallest absolute Gasteiger partial charge is 0.328 e. The molecule has 0 spiro atoms. The Morgan fingerprint density at radius 1 is 1.07 bits per heavy atom. The van der Waals surface area contributed by atoms with Crippen LogP contribution in [0.3, 0.4) is 0 Å². The van der Waals surface area contributed by atoms with Crippen molar-refractivity contribution in [3.05, 3.63) is 70.8 Å². The van der Waals surface area contributed by atoms with Crippen LogP contribution in [0.2, 0.25) is 0 Å². The summed E-state index contributed by atoms with van der Waals surface area (Å²) in [5.74, 6) is -0.836. The molecule has 1 atom stereocenters. The monoisotopic (exact) mass is 364 g/mol. The second kappa shape index (κ2) is 8.50. The van der Waals surface area contributed by atoms with Gasteiger partial charge < -0.3 is 10.1 Å². The third kappa shape index (κ3) is 5.68. The standard InChI is InChI=1S/C22H24N2O3/c1-15(21(26)27-14-17-7-5-16(13-23)6-8-17)24-20(25)18-9-11-19(12-10-18)22(2,3)4/h5-12,15H,14H2,1-4H3,(H,24,25)/t15-/m0/s1. The minimum atomic E-state index is -0.766. The largest absolute Gasteiger partial charge is 0.459 e. The van der Waals surface area contributed by atoms with Crippen LogP contribution in [-0.4, -0.2) is 17.9 Å². The molecule has 27 heavy (non-hydrogen) atoms. The predicted octanol–water partition coefficient (Wildman–Crippen LogP) is 3.72. The summed E-state index contributed by atoms with van der Waals surface area (Å²) in [4.78, 5) is 24.4. The summed E-state index contributed by atoms with van der Waals surface area (Å²) in [7, 11) is 0. The summed E-state index contributed by atoms with van der Waals surface area (Å²) >= 11 is 0. The average Bonchev–Trinajstić information content (AvgIpc) is 2.65. The first-order valence-electron chi connectivity index (χ1n) is 8.78. The van der Waals surface area contributed by atoms with E-state index in [-0.39, 0.29) is 17.9 Å². The minimum Gasteiger partial charge on any atom is -0.459 e. The summed E-state index contributed by atoms with van der Waals surface area (Å²) in [6.45, 7) is 7.99. The Labute approximate surface area is 160 Å².